The molecule has 0 fully saturated rings. The third-order valence-corrected chi connectivity index (χ3v) is 7.62. The summed E-state index contributed by atoms with van der Waals surface area (Å²) in [5.74, 6) is -0.340. The number of hydrogen-bond donors (Lipinski definition) is 0. The van der Waals surface area contributed by atoms with Crippen LogP contribution in [0.4, 0.5) is 0 Å². The minimum atomic E-state index is -1.52. The topological polar surface area (TPSA) is 35.5 Å². The molecule has 0 unspecified atom stereocenters. The minimum Gasteiger partial charge on any atom is -0.463 e. The van der Waals surface area contributed by atoms with E-state index in [4.69, 9.17) is 9.16 Å². The Bertz CT molecular complexity index is 192. The van der Waals surface area contributed by atoms with Gasteiger partial charge in [-0.25, -0.2) is 4.79 Å². The highest BCUT2D eigenvalue weighted by Crippen LogP contribution is 2.22. The number of carbonyl (C=O) groups excluding carboxylic acids is 1. The molecule has 0 spiro atoms. The van der Waals surface area contributed by atoms with E-state index in [9.17, 15) is 4.79 Å². The van der Waals surface area contributed by atoms with Gasteiger partial charge in [0.1, 0.15) is 0 Å². The van der Waals surface area contributed by atoms with Gasteiger partial charge in [0.05, 0.1) is 6.61 Å². The molecule has 15 heavy (non-hydrogen) atoms. The smallest absolute Gasteiger partial charge is 0.330 e. The second-order valence-electron chi connectivity index (χ2n) is 3.57. The number of esters is 1. The zero-order valence-corrected chi connectivity index (χ0v) is 11.0. The number of hydrogen-bond acceptors (Lipinski definition) is 3. The summed E-state index contributed by atoms with van der Waals surface area (Å²) in [4.78, 5) is 10.8. The lowest BCUT2D eigenvalue weighted by molar-refractivity contribution is -0.137. The van der Waals surface area contributed by atoms with Crippen molar-refractivity contribution < 1.29 is 14.0 Å². The summed E-state index contributed by atoms with van der Waals surface area (Å²) in [7, 11) is 0.284. The molecule has 0 bridgehead atoms. The molecule has 0 aliphatic heterocycles. The maximum atomic E-state index is 10.8. The number of carbonyl (C=O) groups is 1. The van der Waals surface area contributed by atoms with Gasteiger partial charge in [0, 0.05) is 13.2 Å². The van der Waals surface area contributed by atoms with Crippen LogP contribution in [0.15, 0.2) is 12.7 Å². The van der Waals surface area contributed by atoms with Gasteiger partial charge in [-0.15, -0.1) is 0 Å². The van der Waals surface area contributed by atoms with Crippen LogP contribution in [0.1, 0.15) is 20.3 Å². The molecule has 0 aromatic rings. The lowest BCUT2D eigenvalue weighted by Gasteiger charge is -2.26. The van der Waals surface area contributed by atoms with Gasteiger partial charge < -0.3 is 9.16 Å². The lowest BCUT2D eigenvalue weighted by Crippen LogP contribution is -2.35. The van der Waals surface area contributed by atoms with Gasteiger partial charge in [-0.1, -0.05) is 20.4 Å². The zero-order valence-electron chi connectivity index (χ0n) is 10.0. The maximum Gasteiger partial charge on any atom is 0.330 e. The fraction of sp³-hybridized carbons (Fsp3) is 0.727. The van der Waals surface area contributed by atoms with E-state index in [1.807, 2.05) is 0 Å². The van der Waals surface area contributed by atoms with Gasteiger partial charge >= 0.3 is 5.97 Å². The van der Waals surface area contributed by atoms with Crippen LogP contribution in [0.5, 0.6) is 0 Å². The normalized spacial score (nSPS) is 11.1. The first-order valence-corrected chi connectivity index (χ1v) is 8.01. The Morgan fingerprint density at radius 3 is 2.40 bits per heavy atom. The van der Waals surface area contributed by atoms with Crippen molar-refractivity contribution in [3.05, 3.63) is 12.7 Å². The molecule has 0 aliphatic rings. The van der Waals surface area contributed by atoms with Crippen LogP contribution >= 0.6 is 0 Å². The van der Waals surface area contributed by atoms with Crippen molar-refractivity contribution in [1.29, 1.82) is 0 Å². The summed E-state index contributed by atoms with van der Waals surface area (Å²) in [6.45, 7) is 8.17. The third-order valence-electron chi connectivity index (χ3n) is 2.91. The fourth-order valence-corrected chi connectivity index (χ4v) is 4.40. The maximum absolute atomic E-state index is 10.8. The van der Waals surface area contributed by atoms with Gasteiger partial charge in [-0.3, -0.25) is 0 Å². The van der Waals surface area contributed by atoms with Crippen LogP contribution in [-0.4, -0.2) is 28.0 Å². The molecule has 0 saturated heterocycles. The molecular weight excluding hydrogens is 208 g/mol. The SMILES string of the molecule is C=CC(=O)OCCC[Si](CC)(CC)OC. The van der Waals surface area contributed by atoms with Gasteiger partial charge in [0.25, 0.3) is 0 Å². The molecule has 88 valence electrons. The number of ether oxygens (including phenoxy) is 1. The molecule has 3 nitrogen and oxygen atoms in total. The molecule has 4 heteroatoms. The quantitative estimate of drug-likeness (QED) is 0.278. The number of rotatable bonds is 8. The summed E-state index contributed by atoms with van der Waals surface area (Å²) in [5.41, 5.74) is 0. The summed E-state index contributed by atoms with van der Waals surface area (Å²) >= 11 is 0. The summed E-state index contributed by atoms with van der Waals surface area (Å²) in [5, 5.41) is 0. The van der Waals surface area contributed by atoms with Crippen molar-refractivity contribution in [2.45, 2.75) is 38.4 Å². The lowest BCUT2D eigenvalue weighted by atomic mass is 10.5. The van der Waals surface area contributed by atoms with Crippen molar-refractivity contribution in [2.24, 2.45) is 0 Å². The van der Waals surface area contributed by atoms with Crippen molar-refractivity contribution in [3.63, 3.8) is 0 Å². The molecule has 0 amide bonds. The summed E-state index contributed by atoms with van der Waals surface area (Å²) < 4.78 is 10.6. The molecule has 0 aliphatic carbocycles. The first kappa shape index (κ1) is 14.4. The second-order valence-corrected chi connectivity index (χ2v) is 8.26. The predicted octanol–water partition coefficient (Wildman–Crippen LogP) is 2.74. The van der Waals surface area contributed by atoms with Crippen molar-refractivity contribution in [1.82, 2.24) is 0 Å². The predicted molar refractivity (Wildman–Crippen MR) is 64.3 cm³/mol. The average Bonchev–Trinajstić information content (AvgIpc) is 2.30. The van der Waals surface area contributed by atoms with Crippen molar-refractivity contribution in [3.8, 4) is 0 Å². The first-order valence-electron chi connectivity index (χ1n) is 5.48. The van der Waals surface area contributed by atoms with E-state index < -0.39 is 8.32 Å². The molecule has 0 aromatic heterocycles. The van der Waals surface area contributed by atoms with Crippen LogP contribution in [0.3, 0.4) is 0 Å². The second kappa shape index (κ2) is 7.65. The van der Waals surface area contributed by atoms with Crippen molar-refractivity contribution >= 4 is 14.3 Å². The molecule has 0 atom stereocenters. The minimum absolute atomic E-state index is 0.340. The Morgan fingerprint density at radius 2 is 2.00 bits per heavy atom. The molecular formula is C11H22O3Si. The Hall–Kier alpha value is -0.613. The van der Waals surface area contributed by atoms with Crippen LogP contribution in [0.25, 0.3) is 0 Å². The Kier molecular flexibility index (Phi) is 7.34. The zero-order chi connectivity index (χ0) is 11.7. The van der Waals surface area contributed by atoms with Gasteiger partial charge in [-0.05, 0) is 24.6 Å². The van der Waals surface area contributed by atoms with Crippen molar-refractivity contribution in [2.75, 3.05) is 13.7 Å². The van der Waals surface area contributed by atoms with Crippen LogP contribution in [0, 0.1) is 0 Å². The summed E-state index contributed by atoms with van der Waals surface area (Å²) in [6, 6.07) is 3.30. The van der Waals surface area contributed by atoms with E-state index in [0.29, 0.717) is 6.61 Å². The van der Waals surface area contributed by atoms with E-state index in [0.717, 1.165) is 24.6 Å². The molecule has 0 saturated carbocycles. The molecule has 0 heterocycles. The third kappa shape index (κ3) is 5.13. The van der Waals surface area contributed by atoms with Gasteiger partial charge in [0.15, 0.2) is 8.32 Å². The molecule has 0 N–H and O–H groups in total. The standard InChI is InChI=1S/C11H22O3Si/c1-5-11(12)14-9-8-10-15(6-2,7-3)13-4/h5H,1,6-10H2,2-4H3. The Balaban J connectivity index is 3.81. The van der Waals surface area contributed by atoms with E-state index in [1.165, 1.54) is 6.08 Å². The van der Waals surface area contributed by atoms with Crippen LogP contribution in [-0.2, 0) is 14.0 Å². The van der Waals surface area contributed by atoms with E-state index in [2.05, 4.69) is 20.4 Å². The highest BCUT2D eigenvalue weighted by Gasteiger charge is 2.28. The summed E-state index contributed by atoms with van der Waals surface area (Å²) in [6.07, 6.45) is 2.09. The van der Waals surface area contributed by atoms with Crippen LogP contribution in [0.2, 0.25) is 18.1 Å². The van der Waals surface area contributed by atoms with Crippen LogP contribution < -0.4 is 0 Å². The monoisotopic (exact) mass is 230 g/mol. The van der Waals surface area contributed by atoms with E-state index in [-0.39, 0.29) is 5.97 Å². The molecule has 0 radical (unpaired) electrons. The molecule has 0 rings (SSSR count). The van der Waals surface area contributed by atoms with Gasteiger partial charge in [-0.2, -0.15) is 0 Å². The molecule has 0 aromatic carbocycles. The fourth-order valence-electron chi connectivity index (χ4n) is 1.62. The highest BCUT2D eigenvalue weighted by atomic mass is 28.4. The average molecular weight is 230 g/mol. The largest absolute Gasteiger partial charge is 0.463 e. The highest BCUT2D eigenvalue weighted by molar-refractivity contribution is 6.73. The Morgan fingerprint density at radius 1 is 1.40 bits per heavy atom. The van der Waals surface area contributed by atoms with E-state index in [1.54, 1.807) is 7.11 Å². The van der Waals surface area contributed by atoms with Gasteiger partial charge in [0.2, 0.25) is 0 Å². The Labute approximate surface area is 93.6 Å². The first-order chi connectivity index (χ1) is 7.14. The van der Waals surface area contributed by atoms with E-state index >= 15 is 0 Å².